The van der Waals surface area contributed by atoms with Crippen LogP contribution in [0.3, 0.4) is 0 Å². The number of pyridine rings is 1. The molecule has 4 aromatic rings. The van der Waals surface area contributed by atoms with Crippen LogP contribution in [0.1, 0.15) is 35.2 Å². The quantitative estimate of drug-likeness (QED) is 0.147. The summed E-state index contributed by atoms with van der Waals surface area (Å²) in [5, 5.41) is 0. The van der Waals surface area contributed by atoms with Crippen LogP contribution in [0.4, 0.5) is 23.4 Å². The van der Waals surface area contributed by atoms with Crippen LogP contribution >= 0.6 is 0 Å². The van der Waals surface area contributed by atoms with Gasteiger partial charge >= 0.3 is 6.18 Å². The average molecular weight is 664 g/mol. The van der Waals surface area contributed by atoms with Crippen molar-refractivity contribution in [3.63, 3.8) is 0 Å². The second-order valence-electron chi connectivity index (χ2n) is 12.6. The maximum Gasteiger partial charge on any atom is 0.433 e. The minimum atomic E-state index is -4.54. The Morgan fingerprint density at radius 3 is 1.60 bits per heavy atom. The van der Waals surface area contributed by atoms with Crippen molar-refractivity contribution in [1.29, 1.82) is 0 Å². The predicted octanol–water partition coefficient (Wildman–Crippen LogP) is 7.48. The summed E-state index contributed by atoms with van der Waals surface area (Å²) in [5.41, 5.74) is 0.598. The van der Waals surface area contributed by atoms with Crippen LogP contribution in [0.15, 0.2) is 109 Å². The molecule has 6 rings (SSSR count). The Balaban J connectivity index is 1.17. The molecule has 48 heavy (non-hydrogen) atoms. The van der Waals surface area contributed by atoms with Gasteiger partial charge in [-0.3, -0.25) is 4.90 Å². The molecule has 0 amide bonds. The van der Waals surface area contributed by atoms with Gasteiger partial charge in [0.2, 0.25) is 0 Å². The molecular formula is C38H41F4N3O3. The number of anilines is 1. The van der Waals surface area contributed by atoms with E-state index >= 15 is 4.39 Å². The van der Waals surface area contributed by atoms with Crippen LogP contribution in [-0.4, -0.2) is 66.6 Å². The Kier molecular flexibility index (Phi) is 11.1. The summed E-state index contributed by atoms with van der Waals surface area (Å²) < 4.78 is 76.0. The number of benzene rings is 3. The van der Waals surface area contributed by atoms with Crippen LogP contribution in [0.25, 0.3) is 0 Å². The predicted molar refractivity (Wildman–Crippen MR) is 176 cm³/mol. The fourth-order valence-electron chi connectivity index (χ4n) is 6.44. The largest absolute Gasteiger partial charge is 0.433 e. The van der Waals surface area contributed by atoms with Crippen molar-refractivity contribution in [1.82, 2.24) is 9.88 Å². The number of hydrogen-bond donors (Lipinski definition) is 0. The minimum absolute atomic E-state index is 0.151. The molecule has 0 radical (unpaired) electrons. The fourth-order valence-corrected chi connectivity index (χ4v) is 6.44. The van der Waals surface area contributed by atoms with Crippen molar-refractivity contribution in [2.75, 3.05) is 37.6 Å². The van der Waals surface area contributed by atoms with Crippen LogP contribution in [-0.2, 0) is 40.2 Å². The van der Waals surface area contributed by atoms with E-state index in [-0.39, 0.29) is 38.3 Å². The number of alkyl halides is 4. The number of ether oxygens (including phenoxy) is 3. The number of aromatic nitrogens is 1. The summed E-state index contributed by atoms with van der Waals surface area (Å²) in [5.74, 6) is 0.215. The summed E-state index contributed by atoms with van der Waals surface area (Å²) in [6.45, 7) is 2.70. The Labute approximate surface area is 279 Å². The molecule has 0 spiro atoms. The molecule has 2 aliphatic rings. The molecule has 1 unspecified atom stereocenters. The van der Waals surface area contributed by atoms with Gasteiger partial charge in [0.05, 0.1) is 32.0 Å². The van der Waals surface area contributed by atoms with E-state index in [1.54, 1.807) is 11.0 Å². The number of nitrogens with zero attached hydrogens (tertiary/aromatic N) is 3. The first kappa shape index (κ1) is 34.0. The molecule has 0 aliphatic carbocycles. The molecule has 254 valence electrons. The summed E-state index contributed by atoms with van der Waals surface area (Å²) >= 11 is 0. The molecule has 3 aromatic carbocycles. The van der Waals surface area contributed by atoms with Gasteiger partial charge in [-0.25, -0.2) is 9.37 Å². The number of hydrogen-bond acceptors (Lipinski definition) is 6. The van der Waals surface area contributed by atoms with Crippen molar-refractivity contribution < 1.29 is 31.8 Å². The Hall–Kier alpha value is -3.83. The smallest absolute Gasteiger partial charge is 0.369 e. The molecule has 0 bridgehead atoms. The Bertz CT molecular complexity index is 1500. The molecule has 6 nitrogen and oxygen atoms in total. The van der Waals surface area contributed by atoms with Crippen LogP contribution in [0.5, 0.6) is 0 Å². The van der Waals surface area contributed by atoms with E-state index < -0.39 is 35.9 Å². The zero-order valence-electron chi connectivity index (χ0n) is 26.8. The summed E-state index contributed by atoms with van der Waals surface area (Å²) in [6, 6.07) is 33.6. The average Bonchev–Trinajstić information content (AvgIpc) is 3.10. The molecule has 2 saturated heterocycles. The molecule has 0 saturated carbocycles. The van der Waals surface area contributed by atoms with E-state index in [9.17, 15) is 13.2 Å². The summed E-state index contributed by atoms with van der Waals surface area (Å²) in [6.07, 6.45) is -5.41. The Morgan fingerprint density at radius 2 is 1.12 bits per heavy atom. The van der Waals surface area contributed by atoms with E-state index in [1.165, 1.54) is 6.07 Å². The monoisotopic (exact) mass is 663 g/mol. The highest BCUT2D eigenvalue weighted by Gasteiger charge is 2.44. The normalized spacial score (nSPS) is 21.7. The van der Waals surface area contributed by atoms with E-state index in [4.69, 9.17) is 14.2 Å². The number of likely N-dealkylation sites (tertiary alicyclic amines) is 1. The number of halogens is 4. The lowest BCUT2D eigenvalue weighted by Gasteiger charge is -2.46. The second-order valence-corrected chi connectivity index (χ2v) is 12.6. The lowest BCUT2D eigenvalue weighted by atomic mass is 9.91. The minimum Gasteiger partial charge on any atom is -0.369 e. The first-order chi connectivity index (χ1) is 23.2. The highest BCUT2D eigenvalue weighted by Crippen LogP contribution is 2.34. The topological polar surface area (TPSA) is 47.1 Å². The summed E-state index contributed by atoms with van der Waals surface area (Å²) in [4.78, 5) is 7.60. The molecule has 0 N–H and O–H groups in total. The maximum absolute atomic E-state index is 16.6. The van der Waals surface area contributed by atoms with E-state index in [2.05, 4.69) is 9.88 Å². The van der Waals surface area contributed by atoms with E-state index in [0.717, 1.165) is 22.8 Å². The highest BCUT2D eigenvalue weighted by molar-refractivity contribution is 5.40. The zero-order valence-corrected chi connectivity index (χ0v) is 26.8. The fraction of sp³-hybridized carbons (Fsp3) is 0.395. The lowest BCUT2D eigenvalue weighted by molar-refractivity contribution is -0.188. The highest BCUT2D eigenvalue weighted by atomic mass is 19.4. The molecule has 3 heterocycles. The SMILES string of the molecule is FC1(CN2C[C@H](OCc3ccccc3)C(OCc3ccccc3)[C@H](OCc3ccccc3)C2)CCN(c2cccc(C(F)(F)F)n2)CC1. The first-order valence-electron chi connectivity index (χ1n) is 16.4. The number of piperidine rings is 2. The van der Waals surface area contributed by atoms with Gasteiger partial charge < -0.3 is 19.1 Å². The van der Waals surface area contributed by atoms with Crippen LogP contribution in [0.2, 0.25) is 0 Å². The van der Waals surface area contributed by atoms with Crippen molar-refractivity contribution in [2.45, 2.75) is 62.8 Å². The molecule has 2 aliphatic heterocycles. The van der Waals surface area contributed by atoms with Gasteiger partial charge in [-0.05, 0) is 28.8 Å². The summed E-state index contributed by atoms with van der Waals surface area (Å²) in [7, 11) is 0. The van der Waals surface area contributed by atoms with Gasteiger partial charge in [-0.15, -0.1) is 0 Å². The number of rotatable bonds is 12. The molecular weight excluding hydrogens is 622 g/mol. The lowest BCUT2D eigenvalue weighted by Crippen LogP contribution is -2.60. The zero-order chi connectivity index (χ0) is 33.4. The van der Waals surface area contributed by atoms with Gasteiger partial charge in [0, 0.05) is 45.6 Å². The standard InChI is InChI=1S/C38H41F4N3O3/c39-37(19-21-45(22-20-37)35-18-10-17-34(43-35)38(40,41)42)28-44-23-32(46-25-29-11-4-1-5-12-29)36(48-27-31-15-8-3-9-16-31)33(24-44)47-26-30-13-6-2-7-14-30/h1-18,32-33,36H,19-28H2/t32-,33+,36?. The van der Waals surface area contributed by atoms with Gasteiger partial charge in [0.15, 0.2) is 0 Å². The second kappa shape index (κ2) is 15.6. The van der Waals surface area contributed by atoms with Gasteiger partial charge in [-0.1, -0.05) is 97.1 Å². The van der Waals surface area contributed by atoms with Crippen LogP contribution < -0.4 is 4.90 Å². The maximum atomic E-state index is 16.6. The van der Waals surface area contributed by atoms with Gasteiger partial charge in [0.25, 0.3) is 0 Å². The van der Waals surface area contributed by atoms with Crippen molar-refractivity contribution in [3.05, 3.63) is 132 Å². The van der Waals surface area contributed by atoms with Gasteiger partial charge in [0.1, 0.15) is 23.3 Å². The third-order valence-corrected chi connectivity index (χ3v) is 9.02. The molecule has 3 atom stereocenters. The third-order valence-electron chi connectivity index (χ3n) is 9.02. The van der Waals surface area contributed by atoms with Crippen molar-refractivity contribution in [2.24, 2.45) is 0 Å². The third kappa shape index (κ3) is 9.19. The van der Waals surface area contributed by atoms with Crippen molar-refractivity contribution >= 4 is 5.82 Å². The van der Waals surface area contributed by atoms with Crippen LogP contribution in [0, 0.1) is 0 Å². The van der Waals surface area contributed by atoms with Crippen molar-refractivity contribution in [3.8, 4) is 0 Å². The van der Waals surface area contributed by atoms with E-state index in [1.807, 2.05) is 91.0 Å². The molecule has 10 heteroatoms. The molecule has 1 aromatic heterocycles. The first-order valence-corrected chi connectivity index (χ1v) is 16.4. The molecule has 2 fully saturated rings. The Morgan fingerprint density at radius 1 is 0.646 bits per heavy atom. The van der Waals surface area contributed by atoms with Gasteiger partial charge in [-0.2, -0.15) is 13.2 Å². The van der Waals surface area contributed by atoms with E-state index in [0.29, 0.717) is 32.9 Å².